The Balaban J connectivity index is 1.81. The first-order valence-electron chi connectivity index (χ1n) is 7.94. The Hall–Kier alpha value is -2.42. The maximum absolute atomic E-state index is 12.2. The van der Waals surface area contributed by atoms with Gasteiger partial charge in [-0.15, -0.1) is 0 Å². The summed E-state index contributed by atoms with van der Waals surface area (Å²) in [7, 11) is 0. The van der Waals surface area contributed by atoms with E-state index in [9.17, 15) is 14.4 Å². The molecule has 0 radical (unpaired) electrons. The molecule has 0 saturated carbocycles. The average molecular weight is 336 g/mol. The van der Waals surface area contributed by atoms with Crippen LogP contribution in [0.4, 0.5) is 4.79 Å². The number of urea groups is 1. The minimum absolute atomic E-state index is 0.000867. The lowest BCUT2D eigenvalue weighted by Crippen LogP contribution is -2.51. The van der Waals surface area contributed by atoms with Crippen molar-refractivity contribution in [1.29, 1.82) is 0 Å². The van der Waals surface area contributed by atoms with Crippen LogP contribution in [-0.4, -0.2) is 50.8 Å². The highest BCUT2D eigenvalue weighted by molar-refractivity contribution is 6.07. The quantitative estimate of drug-likeness (QED) is 0.604. The second-order valence-electron chi connectivity index (χ2n) is 6.31. The van der Waals surface area contributed by atoms with Crippen LogP contribution in [0.5, 0.6) is 0 Å². The standard InChI is InChI=1S/C15H24N6O3/c1-5-15(4)13(23)21(14(24)18-15)19-12(22)7-16-11(3)9-20-8-10(2)6-17-20/h6,8,11,16H,5,7,9H2,1-4H3,(H,18,24)(H,19,22). The maximum Gasteiger partial charge on any atom is 0.344 e. The van der Waals surface area contributed by atoms with Gasteiger partial charge in [0, 0.05) is 12.2 Å². The van der Waals surface area contributed by atoms with Gasteiger partial charge in [0.2, 0.25) is 0 Å². The van der Waals surface area contributed by atoms with Crippen molar-refractivity contribution in [3.63, 3.8) is 0 Å². The molecule has 24 heavy (non-hydrogen) atoms. The van der Waals surface area contributed by atoms with Crippen LogP contribution in [0.1, 0.15) is 32.8 Å². The second kappa shape index (κ2) is 7.00. The van der Waals surface area contributed by atoms with E-state index in [0.717, 1.165) is 10.6 Å². The summed E-state index contributed by atoms with van der Waals surface area (Å²) >= 11 is 0. The van der Waals surface area contributed by atoms with Crippen LogP contribution in [0, 0.1) is 6.92 Å². The number of aromatic nitrogens is 2. The highest BCUT2D eigenvalue weighted by Crippen LogP contribution is 2.18. The van der Waals surface area contributed by atoms with Crippen molar-refractivity contribution < 1.29 is 14.4 Å². The molecule has 9 heteroatoms. The smallest absolute Gasteiger partial charge is 0.322 e. The number of nitrogens with zero attached hydrogens (tertiary/aromatic N) is 3. The SMILES string of the molecule is CCC1(C)NC(=O)N(NC(=O)CNC(C)Cn2cc(C)cn2)C1=O. The summed E-state index contributed by atoms with van der Waals surface area (Å²) in [5, 5.41) is 10.5. The van der Waals surface area contributed by atoms with Crippen molar-refractivity contribution in [3.8, 4) is 0 Å². The van der Waals surface area contributed by atoms with E-state index in [1.54, 1.807) is 24.7 Å². The van der Waals surface area contributed by atoms with Gasteiger partial charge in [-0.3, -0.25) is 19.7 Å². The number of hydrogen-bond acceptors (Lipinski definition) is 5. The fraction of sp³-hybridized carbons (Fsp3) is 0.600. The van der Waals surface area contributed by atoms with Gasteiger partial charge in [-0.25, -0.2) is 4.79 Å². The second-order valence-corrected chi connectivity index (χ2v) is 6.31. The van der Waals surface area contributed by atoms with Gasteiger partial charge in [-0.05, 0) is 32.8 Å². The number of hydrogen-bond donors (Lipinski definition) is 3. The first-order chi connectivity index (χ1) is 11.2. The van der Waals surface area contributed by atoms with Crippen molar-refractivity contribution in [3.05, 3.63) is 18.0 Å². The summed E-state index contributed by atoms with van der Waals surface area (Å²) in [4.78, 5) is 36.0. The van der Waals surface area contributed by atoms with Crippen molar-refractivity contribution in [2.24, 2.45) is 0 Å². The van der Waals surface area contributed by atoms with Gasteiger partial charge in [0.05, 0.1) is 19.3 Å². The molecule has 0 aromatic carbocycles. The van der Waals surface area contributed by atoms with Crippen LogP contribution in [0.15, 0.2) is 12.4 Å². The molecule has 3 N–H and O–H groups in total. The Morgan fingerprint density at radius 1 is 1.46 bits per heavy atom. The van der Waals surface area contributed by atoms with Gasteiger partial charge in [-0.1, -0.05) is 6.92 Å². The summed E-state index contributed by atoms with van der Waals surface area (Å²) in [6, 6.07) is -0.614. The van der Waals surface area contributed by atoms with E-state index >= 15 is 0 Å². The zero-order valence-electron chi connectivity index (χ0n) is 14.4. The Morgan fingerprint density at radius 3 is 2.71 bits per heavy atom. The fourth-order valence-corrected chi connectivity index (χ4v) is 2.37. The van der Waals surface area contributed by atoms with Crippen molar-refractivity contribution >= 4 is 17.8 Å². The molecule has 1 saturated heterocycles. The largest absolute Gasteiger partial charge is 0.344 e. The molecule has 2 heterocycles. The molecule has 1 aromatic rings. The van der Waals surface area contributed by atoms with Crippen LogP contribution in [0.25, 0.3) is 0 Å². The zero-order valence-corrected chi connectivity index (χ0v) is 14.4. The lowest BCUT2D eigenvalue weighted by molar-refractivity contribution is -0.138. The van der Waals surface area contributed by atoms with Crippen LogP contribution in [-0.2, 0) is 16.1 Å². The molecule has 0 aliphatic carbocycles. The number of aryl methyl sites for hydroxylation is 1. The Bertz CT molecular complexity index is 643. The van der Waals surface area contributed by atoms with Crippen LogP contribution >= 0.6 is 0 Å². The van der Waals surface area contributed by atoms with Crippen LogP contribution < -0.4 is 16.1 Å². The molecule has 2 unspecified atom stereocenters. The average Bonchev–Trinajstić information content (AvgIpc) is 3.02. The number of nitrogens with one attached hydrogen (secondary N) is 3. The summed E-state index contributed by atoms with van der Waals surface area (Å²) in [5.74, 6) is -0.911. The summed E-state index contributed by atoms with van der Waals surface area (Å²) < 4.78 is 1.79. The minimum atomic E-state index is -0.969. The van der Waals surface area contributed by atoms with E-state index in [1.165, 1.54) is 0 Å². The van der Waals surface area contributed by atoms with Crippen molar-refractivity contribution in [1.82, 2.24) is 30.8 Å². The number of amides is 4. The third kappa shape index (κ3) is 3.91. The van der Waals surface area contributed by atoms with Gasteiger partial charge in [0.25, 0.3) is 11.8 Å². The molecule has 1 fully saturated rings. The van der Waals surface area contributed by atoms with Gasteiger partial charge in [0.15, 0.2) is 0 Å². The van der Waals surface area contributed by atoms with Crippen LogP contribution in [0.2, 0.25) is 0 Å². The Labute approximate surface area is 140 Å². The molecule has 1 aromatic heterocycles. The molecule has 1 aliphatic rings. The number of carbonyl (C=O) groups is 3. The molecular formula is C15H24N6O3. The Morgan fingerprint density at radius 2 is 2.17 bits per heavy atom. The minimum Gasteiger partial charge on any atom is -0.322 e. The van der Waals surface area contributed by atoms with Crippen molar-refractivity contribution in [2.45, 2.75) is 52.2 Å². The van der Waals surface area contributed by atoms with E-state index in [-0.39, 0.29) is 12.6 Å². The van der Waals surface area contributed by atoms with Gasteiger partial charge < -0.3 is 10.6 Å². The molecule has 2 rings (SSSR count). The first-order valence-corrected chi connectivity index (χ1v) is 7.94. The molecule has 1 aliphatic heterocycles. The normalized spacial score (nSPS) is 21.8. The van der Waals surface area contributed by atoms with Crippen LogP contribution in [0.3, 0.4) is 0 Å². The first kappa shape index (κ1) is 17.9. The number of hydrazine groups is 1. The van der Waals surface area contributed by atoms with E-state index in [4.69, 9.17) is 0 Å². The summed E-state index contributed by atoms with van der Waals surface area (Å²) in [6.07, 6.45) is 4.13. The predicted octanol–water partition coefficient (Wildman–Crippen LogP) is -0.0787. The lowest BCUT2D eigenvalue weighted by Gasteiger charge is -2.20. The third-order valence-corrected chi connectivity index (χ3v) is 4.04. The van der Waals surface area contributed by atoms with Gasteiger partial charge in [0.1, 0.15) is 5.54 Å². The van der Waals surface area contributed by atoms with E-state index in [0.29, 0.717) is 13.0 Å². The lowest BCUT2D eigenvalue weighted by atomic mass is 10.00. The predicted molar refractivity (Wildman–Crippen MR) is 86.6 cm³/mol. The van der Waals surface area contributed by atoms with E-state index in [1.807, 2.05) is 20.0 Å². The molecule has 9 nitrogen and oxygen atoms in total. The van der Waals surface area contributed by atoms with Crippen molar-refractivity contribution in [2.75, 3.05) is 6.54 Å². The highest BCUT2D eigenvalue weighted by atomic mass is 16.2. The number of carbonyl (C=O) groups excluding carboxylic acids is 3. The van der Waals surface area contributed by atoms with Gasteiger partial charge >= 0.3 is 6.03 Å². The van der Waals surface area contributed by atoms with Gasteiger partial charge in [-0.2, -0.15) is 10.1 Å². The van der Waals surface area contributed by atoms with E-state index < -0.39 is 23.4 Å². The fourth-order valence-electron chi connectivity index (χ4n) is 2.37. The Kier molecular flexibility index (Phi) is 5.23. The molecule has 4 amide bonds. The molecule has 2 atom stereocenters. The molecule has 0 bridgehead atoms. The number of rotatable bonds is 7. The summed E-state index contributed by atoms with van der Waals surface area (Å²) in [6.45, 7) is 7.90. The zero-order chi connectivity index (χ0) is 17.9. The topological polar surface area (TPSA) is 108 Å². The molecule has 0 spiro atoms. The molecular weight excluding hydrogens is 312 g/mol. The third-order valence-electron chi connectivity index (χ3n) is 4.04. The number of imide groups is 1. The molecule has 132 valence electrons. The maximum atomic E-state index is 12.2. The highest BCUT2D eigenvalue weighted by Gasteiger charge is 2.47. The van der Waals surface area contributed by atoms with E-state index in [2.05, 4.69) is 21.2 Å². The summed E-state index contributed by atoms with van der Waals surface area (Å²) in [5.41, 5.74) is 2.44. The monoisotopic (exact) mass is 336 g/mol.